The molecule has 0 fully saturated rings. The molecule has 1 heterocycles. The van der Waals surface area contributed by atoms with Gasteiger partial charge >= 0.3 is 0 Å². The van der Waals surface area contributed by atoms with Crippen LogP contribution in [0.1, 0.15) is 0 Å². The molecule has 2 aromatic rings. The van der Waals surface area contributed by atoms with E-state index >= 15 is 0 Å². The maximum Gasteiger partial charge on any atom is 0.262 e. The summed E-state index contributed by atoms with van der Waals surface area (Å²) in [5.41, 5.74) is 0.181. The summed E-state index contributed by atoms with van der Waals surface area (Å²) in [6.45, 7) is 0. The van der Waals surface area contributed by atoms with E-state index in [-0.39, 0.29) is 25.7 Å². The van der Waals surface area contributed by atoms with E-state index in [4.69, 9.17) is 34.8 Å². The highest BCUT2D eigenvalue weighted by atomic mass is 35.5. The van der Waals surface area contributed by atoms with Crippen LogP contribution in [0.5, 0.6) is 0 Å². The average molecular weight is 338 g/mol. The topological polar surface area (TPSA) is 59.1 Å². The molecule has 0 spiro atoms. The van der Waals surface area contributed by atoms with Crippen molar-refractivity contribution in [1.29, 1.82) is 0 Å². The minimum absolute atomic E-state index is 0.0510. The third kappa shape index (κ3) is 3.51. The van der Waals surface area contributed by atoms with E-state index in [0.717, 1.165) is 0 Å². The van der Waals surface area contributed by atoms with Crippen LogP contribution in [0, 0.1) is 0 Å². The Kier molecular flexibility index (Phi) is 4.20. The van der Waals surface area contributed by atoms with Crippen molar-refractivity contribution < 1.29 is 8.42 Å². The Morgan fingerprint density at radius 1 is 1.05 bits per heavy atom. The number of sulfonamides is 1. The monoisotopic (exact) mass is 336 g/mol. The summed E-state index contributed by atoms with van der Waals surface area (Å²) in [5.74, 6) is 0. The largest absolute Gasteiger partial charge is 0.277 e. The Balaban J connectivity index is 2.41. The molecule has 0 bridgehead atoms. The number of nitrogens with one attached hydrogen (secondary N) is 1. The fourth-order valence-electron chi connectivity index (χ4n) is 1.34. The summed E-state index contributed by atoms with van der Waals surface area (Å²) in [4.78, 5) is 3.74. The molecule has 1 N–H and O–H groups in total. The molecule has 1 aromatic carbocycles. The fourth-order valence-corrected chi connectivity index (χ4v) is 3.34. The van der Waals surface area contributed by atoms with Crippen molar-refractivity contribution in [2.75, 3.05) is 4.72 Å². The van der Waals surface area contributed by atoms with Gasteiger partial charge < -0.3 is 0 Å². The van der Waals surface area contributed by atoms with Gasteiger partial charge in [0.15, 0.2) is 0 Å². The molecule has 0 aliphatic carbocycles. The molecule has 19 heavy (non-hydrogen) atoms. The van der Waals surface area contributed by atoms with Crippen molar-refractivity contribution in [3.05, 3.63) is 51.7 Å². The lowest BCUT2D eigenvalue weighted by molar-refractivity contribution is 0.601. The first-order chi connectivity index (χ1) is 8.88. The van der Waals surface area contributed by atoms with Crippen LogP contribution in [0.25, 0.3) is 0 Å². The van der Waals surface area contributed by atoms with Crippen molar-refractivity contribution in [2.24, 2.45) is 0 Å². The zero-order chi connectivity index (χ0) is 14.0. The predicted molar refractivity (Wildman–Crippen MR) is 76.5 cm³/mol. The van der Waals surface area contributed by atoms with Crippen molar-refractivity contribution >= 4 is 50.5 Å². The molecule has 0 radical (unpaired) electrons. The quantitative estimate of drug-likeness (QED) is 0.925. The number of benzene rings is 1. The normalized spacial score (nSPS) is 11.3. The first-order valence-electron chi connectivity index (χ1n) is 4.97. The highest BCUT2D eigenvalue weighted by Gasteiger charge is 2.17. The van der Waals surface area contributed by atoms with E-state index in [1.54, 1.807) is 0 Å². The molecule has 0 unspecified atom stereocenters. The van der Waals surface area contributed by atoms with Gasteiger partial charge in [0.05, 0.1) is 21.8 Å². The number of hydrogen-bond acceptors (Lipinski definition) is 3. The lowest BCUT2D eigenvalue weighted by atomic mass is 10.4. The zero-order valence-corrected chi connectivity index (χ0v) is 12.4. The first kappa shape index (κ1) is 14.4. The SMILES string of the molecule is O=S(=O)(Nc1cnccc1Cl)c1cc(Cl)cc(Cl)c1. The summed E-state index contributed by atoms with van der Waals surface area (Å²) in [7, 11) is -3.82. The average Bonchev–Trinajstić information content (AvgIpc) is 2.31. The van der Waals surface area contributed by atoms with Crippen molar-refractivity contribution in [3.8, 4) is 0 Å². The van der Waals surface area contributed by atoms with E-state index in [1.807, 2.05) is 0 Å². The lowest BCUT2D eigenvalue weighted by Crippen LogP contribution is -2.13. The Bertz CT molecular complexity index is 699. The third-order valence-corrected chi connectivity index (χ3v) is 4.27. The summed E-state index contributed by atoms with van der Waals surface area (Å²) < 4.78 is 26.6. The molecule has 100 valence electrons. The minimum Gasteiger partial charge on any atom is -0.277 e. The Hall–Kier alpha value is -1.01. The molecule has 0 atom stereocenters. The van der Waals surface area contributed by atoms with Gasteiger partial charge in [0.2, 0.25) is 0 Å². The van der Waals surface area contributed by atoms with E-state index in [0.29, 0.717) is 0 Å². The second-order valence-electron chi connectivity index (χ2n) is 3.57. The first-order valence-corrected chi connectivity index (χ1v) is 7.58. The molecule has 0 aliphatic rings. The maximum absolute atomic E-state index is 12.1. The molecular weight excluding hydrogens is 331 g/mol. The molecule has 0 saturated heterocycles. The van der Waals surface area contributed by atoms with Crippen molar-refractivity contribution in [2.45, 2.75) is 4.90 Å². The van der Waals surface area contributed by atoms with Crippen LogP contribution >= 0.6 is 34.8 Å². The van der Waals surface area contributed by atoms with Gasteiger partial charge in [-0.25, -0.2) is 8.42 Å². The predicted octanol–water partition coefficient (Wildman–Crippen LogP) is 3.84. The number of anilines is 1. The van der Waals surface area contributed by atoms with Crippen LogP contribution < -0.4 is 4.72 Å². The smallest absolute Gasteiger partial charge is 0.262 e. The molecule has 8 heteroatoms. The van der Waals surface area contributed by atoms with Crippen LogP contribution in [0.4, 0.5) is 5.69 Å². The minimum atomic E-state index is -3.82. The highest BCUT2D eigenvalue weighted by molar-refractivity contribution is 7.92. The van der Waals surface area contributed by atoms with Gasteiger partial charge in [0.1, 0.15) is 0 Å². The molecular formula is C11H7Cl3N2O2S. The number of pyridine rings is 1. The highest BCUT2D eigenvalue weighted by Crippen LogP contribution is 2.26. The van der Waals surface area contributed by atoms with E-state index in [2.05, 4.69) is 9.71 Å². The fraction of sp³-hybridized carbons (Fsp3) is 0. The number of rotatable bonds is 3. The van der Waals surface area contributed by atoms with Crippen LogP contribution in [0.15, 0.2) is 41.6 Å². The zero-order valence-electron chi connectivity index (χ0n) is 9.27. The summed E-state index contributed by atoms with van der Waals surface area (Å²) in [5, 5.41) is 0.696. The van der Waals surface area contributed by atoms with Crippen LogP contribution in [-0.4, -0.2) is 13.4 Å². The van der Waals surface area contributed by atoms with Gasteiger partial charge in [0.25, 0.3) is 10.0 Å². The standard InChI is InChI=1S/C11H7Cl3N2O2S/c12-7-3-8(13)5-9(4-7)19(17,18)16-11-6-15-2-1-10(11)14/h1-6,16H. The second-order valence-corrected chi connectivity index (χ2v) is 6.53. The summed E-state index contributed by atoms with van der Waals surface area (Å²) >= 11 is 17.4. The number of nitrogens with zero attached hydrogens (tertiary/aromatic N) is 1. The van der Waals surface area contributed by atoms with Crippen LogP contribution in [0.2, 0.25) is 15.1 Å². The molecule has 0 saturated carbocycles. The van der Waals surface area contributed by atoms with Gasteiger partial charge in [-0.15, -0.1) is 0 Å². The molecule has 1 aromatic heterocycles. The van der Waals surface area contributed by atoms with Gasteiger partial charge in [0, 0.05) is 16.2 Å². The lowest BCUT2D eigenvalue weighted by Gasteiger charge is -2.09. The Morgan fingerprint density at radius 3 is 2.26 bits per heavy atom. The molecule has 0 amide bonds. The second kappa shape index (κ2) is 5.54. The van der Waals surface area contributed by atoms with Gasteiger partial charge in [-0.05, 0) is 24.3 Å². The van der Waals surface area contributed by atoms with E-state index < -0.39 is 10.0 Å². The molecule has 2 rings (SSSR count). The third-order valence-electron chi connectivity index (χ3n) is 2.16. The Labute approximate surface area is 125 Å². The number of aromatic nitrogens is 1. The van der Waals surface area contributed by atoms with E-state index in [1.165, 1.54) is 36.7 Å². The molecule has 0 aliphatic heterocycles. The van der Waals surface area contributed by atoms with Crippen LogP contribution in [0.3, 0.4) is 0 Å². The van der Waals surface area contributed by atoms with Crippen LogP contribution in [-0.2, 0) is 10.0 Å². The number of hydrogen-bond donors (Lipinski definition) is 1. The Morgan fingerprint density at radius 2 is 1.68 bits per heavy atom. The number of halogens is 3. The summed E-state index contributed by atoms with van der Waals surface area (Å²) in [6, 6.07) is 5.50. The van der Waals surface area contributed by atoms with Crippen molar-refractivity contribution in [3.63, 3.8) is 0 Å². The summed E-state index contributed by atoms with van der Waals surface area (Å²) in [6.07, 6.45) is 2.77. The van der Waals surface area contributed by atoms with Gasteiger partial charge in [-0.1, -0.05) is 34.8 Å². The van der Waals surface area contributed by atoms with Crippen molar-refractivity contribution in [1.82, 2.24) is 4.98 Å². The molecule has 4 nitrogen and oxygen atoms in total. The van der Waals surface area contributed by atoms with Gasteiger partial charge in [-0.2, -0.15) is 0 Å². The van der Waals surface area contributed by atoms with E-state index in [9.17, 15) is 8.42 Å². The maximum atomic E-state index is 12.1. The van der Waals surface area contributed by atoms with Gasteiger partial charge in [-0.3, -0.25) is 9.71 Å².